The molecule has 1 heterocycles. The molecule has 0 aromatic rings. The molecule has 15 heavy (non-hydrogen) atoms. The van der Waals surface area contributed by atoms with Gasteiger partial charge in [0.2, 0.25) is 5.91 Å². The third kappa shape index (κ3) is 3.47. The van der Waals surface area contributed by atoms with E-state index in [0.29, 0.717) is 12.6 Å². The Hall–Kier alpha value is -0.610. The van der Waals surface area contributed by atoms with Crippen LogP contribution in [0.5, 0.6) is 0 Å². The van der Waals surface area contributed by atoms with Crippen molar-refractivity contribution in [3.63, 3.8) is 0 Å². The zero-order valence-electron chi connectivity index (χ0n) is 9.74. The van der Waals surface area contributed by atoms with E-state index in [0.717, 1.165) is 25.8 Å². The molecule has 0 aliphatic carbocycles. The number of rotatable bonds is 4. The Morgan fingerprint density at radius 1 is 1.53 bits per heavy atom. The molecule has 1 amide bonds. The monoisotopic (exact) mass is 214 g/mol. The van der Waals surface area contributed by atoms with Gasteiger partial charge < -0.3 is 9.74 Å². The summed E-state index contributed by atoms with van der Waals surface area (Å²) in [6.45, 7) is 5.33. The van der Waals surface area contributed by atoms with Crippen molar-refractivity contribution in [3.8, 4) is 0 Å². The molecule has 1 fully saturated rings. The van der Waals surface area contributed by atoms with E-state index in [1.807, 2.05) is 18.7 Å². The third-order valence-electron chi connectivity index (χ3n) is 2.97. The summed E-state index contributed by atoms with van der Waals surface area (Å²) in [6, 6.07) is 0.331. The molecule has 4 heteroatoms. The molecule has 1 unspecified atom stereocenters. The van der Waals surface area contributed by atoms with Crippen LogP contribution >= 0.6 is 0 Å². The SMILES string of the molecule is CC(C)C(=O)N1CCCCC1CCON. The largest absolute Gasteiger partial charge is 0.339 e. The molecule has 1 rings (SSSR count). The molecule has 0 aromatic carbocycles. The fourth-order valence-electron chi connectivity index (χ4n) is 2.13. The minimum atomic E-state index is 0.0874. The maximum Gasteiger partial charge on any atom is 0.225 e. The second kappa shape index (κ2) is 6.08. The van der Waals surface area contributed by atoms with E-state index in [2.05, 4.69) is 4.84 Å². The van der Waals surface area contributed by atoms with Crippen LogP contribution in [0.4, 0.5) is 0 Å². The van der Waals surface area contributed by atoms with Crippen LogP contribution in [0.1, 0.15) is 39.5 Å². The Balaban J connectivity index is 2.53. The van der Waals surface area contributed by atoms with Crippen LogP contribution in [-0.2, 0) is 9.63 Å². The van der Waals surface area contributed by atoms with Gasteiger partial charge in [-0.15, -0.1) is 0 Å². The van der Waals surface area contributed by atoms with Crippen LogP contribution in [0.3, 0.4) is 0 Å². The fraction of sp³-hybridized carbons (Fsp3) is 0.909. The molecule has 88 valence electrons. The summed E-state index contributed by atoms with van der Waals surface area (Å²) in [4.78, 5) is 18.5. The molecule has 1 atom stereocenters. The van der Waals surface area contributed by atoms with Gasteiger partial charge in [-0.05, 0) is 25.7 Å². The highest BCUT2D eigenvalue weighted by Gasteiger charge is 2.27. The first-order valence-electron chi connectivity index (χ1n) is 5.79. The molecule has 0 spiro atoms. The molecule has 1 aliphatic rings. The Labute approximate surface area is 91.7 Å². The van der Waals surface area contributed by atoms with Gasteiger partial charge in [-0.1, -0.05) is 13.8 Å². The van der Waals surface area contributed by atoms with Crippen molar-refractivity contribution in [1.29, 1.82) is 0 Å². The maximum absolute atomic E-state index is 11.9. The van der Waals surface area contributed by atoms with E-state index in [1.54, 1.807) is 0 Å². The molecule has 0 aromatic heterocycles. The van der Waals surface area contributed by atoms with Crippen molar-refractivity contribution in [2.75, 3.05) is 13.2 Å². The Morgan fingerprint density at radius 3 is 2.87 bits per heavy atom. The molecule has 0 bridgehead atoms. The zero-order valence-corrected chi connectivity index (χ0v) is 9.74. The fourth-order valence-corrected chi connectivity index (χ4v) is 2.13. The number of carbonyl (C=O) groups is 1. The number of amides is 1. The molecule has 1 aliphatic heterocycles. The second-order valence-corrected chi connectivity index (χ2v) is 4.50. The second-order valence-electron chi connectivity index (χ2n) is 4.50. The summed E-state index contributed by atoms with van der Waals surface area (Å²) in [5.74, 6) is 5.37. The minimum absolute atomic E-state index is 0.0874. The average Bonchev–Trinajstić information content (AvgIpc) is 2.25. The summed E-state index contributed by atoms with van der Waals surface area (Å²) in [5, 5.41) is 0. The van der Waals surface area contributed by atoms with Crippen LogP contribution < -0.4 is 5.90 Å². The summed E-state index contributed by atoms with van der Waals surface area (Å²) < 4.78 is 0. The van der Waals surface area contributed by atoms with E-state index < -0.39 is 0 Å². The van der Waals surface area contributed by atoms with Crippen LogP contribution in [-0.4, -0.2) is 30.0 Å². The van der Waals surface area contributed by atoms with Gasteiger partial charge in [-0.25, -0.2) is 5.90 Å². The van der Waals surface area contributed by atoms with Crippen molar-refractivity contribution in [3.05, 3.63) is 0 Å². The molecule has 0 radical (unpaired) electrons. The highest BCUT2D eigenvalue weighted by atomic mass is 16.6. The topological polar surface area (TPSA) is 55.6 Å². The lowest BCUT2D eigenvalue weighted by molar-refractivity contribution is -0.138. The van der Waals surface area contributed by atoms with Crippen molar-refractivity contribution in [1.82, 2.24) is 4.90 Å². The summed E-state index contributed by atoms with van der Waals surface area (Å²) >= 11 is 0. The van der Waals surface area contributed by atoms with E-state index in [1.165, 1.54) is 6.42 Å². The lowest BCUT2D eigenvalue weighted by Gasteiger charge is -2.36. The molecule has 1 saturated heterocycles. The van der Waals surface area contributed by atoms with Gasteiger partial charge in [-0.3, -0.25) is 4.79 Å². The molecular weight excluding hydrogens is 192 g/mol. The number of nitrogens with zero attached hydrogens (tertiary/aromatic N) is 1. The molecule has 2 N–H and O–H groups in total. The van der Waals surface area contributed by atoms with E-state index in [-0.39, 0.29) is 11.8 Å². The van der Waals surface area contributed by atoms with Crippen LogP contribution in [0, 0.1) is 5.92 Å². The Morgan fingerprint density at radius 2 is 2.27 bits per heavy atom. The van der Waals surface area contributed by atoms with Gasteiger partial charge in [0.15, 0.2) is 0 Å². The lowest BCUT2D eigenvalue weighted by atomic mass is 9.98. The number of nitrogens with two attached hydrogens (primary N) is 1. The Kier molecular flexibility index (Phi) is 5.05. The van der Waals surface area contributed by atoms with Crippen molar-refractivity contribution >= 4 is 5.91 Å². The van der Waals surface area contributed by atoms with Gasteiger partial charge >= 0.3 is 0 Å². The summed E-state index contributed by atoms with van der Waals surface area (Å²) in [5.41, 5.74) is 0. The number of hydrogen-bond donors (Lipinski definition) is 1. The first-order chi connectivity index (χ1) is 7.16. The molecule has 4 nitrogen and oxygen atoms in total. The predicted molar refractivity (Wildman–Crippen MR) is 58.9 cm³/mol. The van der Waals surface area contributed by atoms with Gasteiger partial charge in [0.05, 0.1) is 6.61 Å². The molecular formula is C11H22N2O2. The van der Waals surface area contributed by atoms with Crippen molar-refractivity contribution in [2.24, 2.45) is 11.8 Å². The zero-order chi connectivity index (χ0) is 11.3. The van der Waals surface area contributed by atoms with Crippen molar-refractivity contribution < 1.29 is 9.63 Å². The van der Waals surface area contributed by atoms with Gasteiger partial charge in [0.1, 0.15) is 0 Å². The van der Waals surface area contributed by atoms with Gasteiger partial charge in [0, 0.05) is 18.5 Å². The van der Waals surface area contributed by atoms with Crippen LogP contribution in [0.25, 0.3) is 0 Å². The van der Waals surface area contributed by atoms with E-state index in [9.17, 15) is 4.79 Å². The molecule has 0 saturated carbocycles. The van der Waals surface area contributed by atoms with E-state index in [4.69, 9.17) is 5.90 Å². The third-order valence-corrected chi connectivity index (χ3v) is 2.97. The number of piperidine rings is 1. The average molecular weight is 214 g/mol. The highest BCUT2D eigenvalue weighted by Crippen LogP contribution is 2.21. The smallest absolute Gasteiger partial charge is 0.225 e. The summed E-state index contributed by atoms with van der Waals surface area (Å²) in [6.07, 6.45) is 4.27. The minimum Gasteiger partial charge on any atom is -0.339 e. The maximum atomic E-state index is 11.9. The van der Waals surface area contributed by atoms with Crippen molar-refractivity contribution in [2.45, 2.75) is 45.6 Å². The van der Waals surface area contributed by atoms with Crippen LogP contribution in [0.15, 0.2) is 0 Å². The number of carbonyl (C=O) groups excluding carboxylic acids is 1. The van der Waals surface area contributed by atoms with E-state index >= 15 is 0 Å². The highest BCUT2D eigenvalue weighted by molar-refractivity contribution is 5.78. The standard InChI is InChI=1S/C11H22N2O2/c1-9(2)11(14)13-7-4-3-5-10(13)6-8-15-12/h9-10H,3-8,12H2,1-2H3. The number of hydrogen-bond acceptors (Lipinski definition) is 3. The lowest BCUT2D eigenvalue weighted by Crippen LogP contribution is -2.46. The first-order valence-corrected chi connectivity index (χ1v) is 5.79. The quantitative estimate of drug-likeness (QED) is 0.718. The summed E-state index contributed by atoms with van der Waals surface area (Å²) in [7, 11) is 0. The van der Waals surface area contributed by atoms with Gasteiger partial charge in [-0.2, -0.15) is 0 Å². The Bertz CT molecular complexity index is 207. The normalized spacial score (nSPS) is 22.1. The predicted octanol–water partition coefficient (Wildman–Crippen LogP) is 1.30. The van der Waals surface area contributed by atoms with Gasteiger partial charge in [0.25, 0.3) is 0 Å². The number of likely N-dealkylation sites (tertiary alicyclic amines) is 1. The first kappa shape index (κ1) is 12.5. The van der Waals surface area contributed by atoms with Crippen LogP contribution in [0.2, 0.25) is 0 Å².